The molecule has 1 unspecified atom stereocenters. The van der Waals surface area contributed by atoms with Crippen LogP contribution in [0.5, 0.6) is 0 Å². The summed E-state index contributed by atoms with van der Waals surface area (Å²) in [4.78, 5) is 69.1. The number of β-amino-alcohol motifs (C(OH)–C–C–N with tert-alkyl or cyclic N) is 1. The summed E-state index contributed by atoms with van der Waals surface area (Å²) in [5.41, 5.74) is -1.62. The highest BCUT2D eigenvalue weighted by Crippen LogP contribution is 2.39. The van der Waals surface area contributed by atoms with Crippen LogP contribution in [-0.4, -0.2) is 182 Å². The molecule has 4 rings (SSSR count). The number of nitrogens with zero attached hydrogens (tertiary/aromatic N) is 2. The zero-order chi connectivity index (χ0) is 49.4. The lowest BCUT2D eigenvalue weighted by Gasteiger charge is -2.52. The summed E-state index contributed by atoms with van der Waals surface area (Å²) in [5, 5.41) is 55.9. The third-order valence-corrected chi connectivity index (χ3v) is 10.8. The van der Waals surface area contributed by atoms with E-state index in [0.29, 0.717) is 5.76 Å². The second kappa shape index (κ2) is 19.6. The molecule has 22 nitrogen and oxygen atoms in total. The van der Waals surface area contributed by atoms with Crippen LogP contribution < -0.4 is 21.7 Å². The van der Waals surface area contributed by atoms with Crippen molar-refractivity contribution in [3.05, 3.63) is 11.8 Å². The number of rotatable bonds is 9. The third-order valence-electron chi connectivity index (χ3n) is 10.8. The first-order chi connectivity index (χ1) is 29.5. The van der Waals surface area contributed by atoms with Gasteiger partial charge in [-0.2, -0.15) is 0 Å². The third kappa shape index (κ3) is 14.2. The number of alkyl carbamates (subject to hydrolysis) is 2. The van der Waals surface area contributed by atoms with Gasteiger partial charge in [-0.1, -0.05) is 0 Å². The molecule has 4 aliphatic rings. The Bertz CT molecular complexity index is 1760. The number of amides is 5. The molecule has 0 radical (unpaired) electrons. The number of aliphatic hydroxyl groups excluding tert-OH is 2. The van der Waals surface area contributed by atoms with Gasteiger partial charge in [-0.15, -0.1) is 0 Å². The van der Waals surface area contributed by atoms with Crippen molar-refractivity contribution < 1.29 is 77.6 Å². The molecule has 11 atom stereocenters. The van der Waals surface area contributed by atoms with Gasteiger partial charge in [0, 0.05) is 19.0 Å². The van der Waals surface area contributed by atoms with Gasteiger partial charge < -0.3 is 85.1 Å². The molecule has 0 aromatic rings. The molecule has 9 N–H and O–H groups in total. The van der Waals surface area contributed by atoms with Crippen LogP contribution >= 0.6 is 0 Å². The van der Waals surface area contributed by atoms with Gasteiger partial charge in [0.15, 0.2) is 11.9 Å². The summed E-state index contributed by atoms with van der Waals surface area (Å²) >= 11 is 0. The first-order valence-corrected chi connectivity index (χ1v) is 21.9. The molecular weight excluding hydrogens is 856 g/mol. The molecule has 372 valence electrons. The summed E-state index contributed by atoms with van der Waals surface area (Å²) in [6.07, 6.45) is -9.84. The largest absolute Gasteiger partial charge is 0.491 e. The lowest BCUT2D eigenvalue weighted by Crippen LogP contribution is -2.74. The predicted molar refractivity (Wildman–Crippen MR) is 231 cm³/mol. The second-order valence-corrected chi connectivity index (χ2v) is 21.6. The first-order valence-electron chi connectivity index (χ1n) is 21.9. The van der Waals surface area contributed by atoms with E-state index in [-0.39, 0.29) is 19.4 Å². The van der Waals surface area contributed by atoms with Gasteiger partial charge in [0.1, 0.15) is 52.1 Å². The molecule has 3 aliphatic heterocycles. The lowest BCUT2D eigenvalue weighted by molar-refractivity contribution is -0.306. The van der Waals surface area contributed by atoms with Crippen LogP contribution in [0.1, 0.15) is 103 Å². The zero-order valence-corrected chi connectivity index (χ0v) is 40.3. The summed E-state index contributed by atoms with van der Waals surface area (Å²) in [5.74, 6) is -1.90. The van der Waals surface area contributed by atoms with E-state index >= 15 is 0 Å². The molecule has 5 amide bonds. The highest BCUT2D eigenvalue weighted by Gasteiger charge is 2.58. The molecule has 3 heterocycles. The second-order valence-electron chi connectivity index (χ2n) is 21.6. The molecule has 22 heteroatoms. The predicted octanol–water partition coefficient (Wildman–Crippen LogP) is 1.34. The van der Waals surface area contributed by atoms with E-state index in [1.807, 2.05) is 0 Å². The van der Waals surface area contributed by atoms with Crippen molar-refractivity contribution in [1.29, 1.82) is 0 Å². The van der Waals surface area contributed by atoms with E-state index in [2.05, 4.69) is 16.0 Å². The van der Waals surface area contributed by atoms with Crippen molar-refractivity contribution in [2.24, 2.45) is 11.7 Å². The minimum absolute atomic E-state index is 0.0747. The minimum Gasteiger partial charge on any atom is -0.491 e. The fourth-order valence-corrected chi connectivity index (χ4v) is 8.20. The van der Waals surface area contributed by atoms with E-state index in [0.717, 1.165) is 9.80 Å². The molecule has 0 aromatic carbocycles. The summed E-state index contributed by atoms with van der Waals surface area (Å²) in [6.45, 7) is 19.8. The number of hydrogen-bond acceptors (Lipinski definition) is 17. The molecule has 65 heavy (non-hydrogen) atoms. The highest BCUT2D eigenvalue weighted by atomic mass is 16.7. The Morgan fingerprint density at radius 2 is 1.32 bits per heavy atom. The van der Waals surface area contributed by atoms with Crippen LogP contribution in [0.3, 0.4) is 0 Å². The van der Waals surface area contributed by atoms with Crippen LogP contribution in [-0.2, 0) is 38.0 Å². The zero-order valence-electron chi connectivity index (χ0n) is 40.3. The topological polar surface area (TPSA) is 299 Å². The number of ether oxygens (including phenoxy) is 7. The molecule has 1 aliphatic carbocycles. The number of likely N-dealkylation sites (tertiary alicyclic amines) is 1. The van der Waals surface area contributed by atoms with E-state index < -0.39 is 144 Å². The Labute approximate surface area is 381 Å². The summed E-state index contributed by atoms with van der Waals surface area (Å²) in [7, 11) is 1.32. The average molecular weight is 931 g/mol. The fraction of sp³-hybridized carbons (Fsp3) is 0.837. The lowest BCUT2D eigenvalue weighted by atomic mass is 9.72. The van der Waals surface area contributed by atoms with E-state index in [1.54, 1.807) is 89.2 Å². The van der Waals surface area contributed by atoms with Gasteiger partial charge in [0.05, 0.1) is 50.5 Å². The van der Waals surface area contributed by atoms with Crippen LogP contribution in [0.25, 0.3) is 0 Å². The number of aliphatic hydroxyl groups is 4. The summed E-state index contributed by atoms with van der Waals surface area (Å²) < 4.78 is 40.8. The molecule has 2 saturated heterocycles. The number of nitrogens with two attached hydrogens (primary N) is 1. The highest BCUT2D eigenvalue weighted by molar-refractivity contribution is 5.89. The van der Waals surface area contributed by atoms with E-state index in [4.69, 9.17) is 38.9 Å². The monoisotopic (exact) mass is 931 g/mol. The molecule has 3 fully saturated rings. The Hall–Kier alpha value is -4.19. The molecule has 1 saturated carbocycles. The van der Waals surface area contributed by atoms with Crippen LogP contribution in [0, 0.1) is 5.92 Å². The van der Waals surface area contributed by atoms with Crippen LogP contribution in [0.4, 0.5) is 19.2 Å². The Morgan fingerprint density at radius 1 is 0.800 bits per heavy atom. The summed E-state index contributed by atoms with van der Waals surface area (Å²) in [6, 6.07) is -4.78. The smallest absolute Gasteiger partial charge is 0.410 e. The number of nitrogens with one attached hydrogen (secondary N) is 3. The van der Waals surface area contributed by atoms with Crippen molar-refractivity contribution in [2.45, 2.75) is 191 Å². The molecule has 0 bridgehead atoms. The van der Waals surface area contributed by atoms with Gasteiger partial charge >= 0.3 is 24.4 Å². The Balaban J connectivity index is 1.79. The van der Waals surface area contributed by atoms with Crippen molar-refractivity contribution >= 4 is 30.3 Å². The van der Waals surface area contributed by atoms with Gasteiger partial charge in [-0.25, -0.2) is 19.2 Å². The van der Waals surface area contributed by atoms with Crippen LogP contribution in [0.15, 0.2) is 11.8 Å². The van der Waals surface area contributed by atoms with Gasteiger partial charge in [-0.3, -0.25) is 4.79 Å². The average Bonchev–Trinajstić information content (AvgIpc) is 3.09. The number of carbonyl (C=O) groups is 5. The maximum atomic E-state index is 14.1. The molecular formula is C43H74N6O16. The number of likely N-dealkylation sites (N-methyl/N-ethyl adjacent to an activating group) is 1. The first kappa shape index (κ1) is 53.4. The van der Waals surface area contributed by atoms with Crippen molar-refractivity contribution in [3.8, 4) is 0 Å². The quantitative estimate of drug-likeness (QED) is 0.151. The fourth-order valence-electron chi connectivity index (χ4n) is 8.20. The van der Waals surface area contributed by atoms with E-state index in [9.17, 15) is 44.4 Å². The Kier molecular flexibility index (Phi) is 16.1. The van der Waals surface area contributed by atoms with Crippen molar-refractivity contribution in [1.82, 2.24) is 25.8 Å². The standard InChI is InChI=1S/C43H74N6O16/c1-38(2,3)62-34(53)46-23-16-15-22(18-44)60-29(23)26-24(47-35(54)63-39(4,5)6)17-25(45-33(52)43(58)19-49(20-43)37(56)65-41(10,11)12)30(27(26)50)61-32-28(51)31(42(13,57)21-59-32)48(14)36(55)64-40(7,8)9/h15,23-32,50-51,57-58H,16-21,44H2,1-14H3,(H,45,52)(H,46,53)(H,47,54)/t23-,24+,25-,26-,27+,28-,29?,30+,31-,32-,42+/m1/s1. The molecule has 0 spiro atoms. The van der Waals surface area contributed by atoms with Crippen LogP contribution in [0.2, 0.25) is 0 Å². The normalized spacial score (nSPS) is 31.7. The van der Waals surface area contributed by atoms with Crippen molar-refractivity contribution in [3.63, 3.8) is 0 Å². The number of hydrogen-bond donors (Lipinski definition) is 8. The SMILES string of the molecule is CN(C(=O)OC(C)(C)C)[C@@H]1[C@@H](O)[C@@H](O[C@@H]2[C@@H](O)[C@H](C3OC(CN)=CC[C@H]3NC(=O)OC(C)(C)C)[C@@H](NC(=O)OC(C)(C)C)C[C@H]2NC(=O)C2(O)CN(C(=O)OC(C)(C)C)C2)OC[C@]1(C)O. The van der Waals surface area contributed by atoms with Gasteiger partial charge in [-0.05, 0) is 109 Å². The van der Waals surface area contributed by atoms with Gasteiger partial charge in [0.2, 0.25) is 0 Å². The molecule has 0 aromatic heterocycles. The van der Waals surface area contributed by atoms with Crippen molar-refractivity contribution in [2.75, 3.05) is 33.3 Å². The Morgan fingerprint density at radius 3 is 1.83 bits per heavy atom. The maximum Gasteiger partial charge on any atom is 0.410 e. The number of carbonyl (C=O) groups excluding carboxylic acids is 5. The van der Waals surface area contributed by atoms with Gasteiger partial charge in [0.25, 0.3) is 5.91 Å². The minimum atomic E-state index is -2.13. The maximum absolute atomic E-state index is 14.1. The van der Waals surface area contributed by atoms with E-state index in [1.165, 1.54) is 14.0 Å².